The third-order valence-electron chi connectivity index (χ3n) is 4.22. The molecule has 1 aromatic carbocycles. The largest absolute Gasteiger partial charge is 0.490 e. The summed E-state index contributed by atoms with van der Waals surface area (Å²) < 4.78 is 30.4. The highest BCUT2D eigenvalue weighted by Crippen LogP contribution is 2.33. The summed E-state index contributed by atoms with van der Waals surface area (Å²) in [5.74, 6) is -0.718. The molecule has 2 fully saturated rings. The molecule has 0 N–H and O–H groups in total. The van der Waals surface area contributed by atoms with Crippen molar-refractivity contribution in [3.8, 4) is 5.75 Å². The van der Waals surface area contributed by atoms with Gasteiger partial charge in [0.2, 0.25) is 0 Å². The Bertz CT molecular complexity index is 557. The summed E-state index contributed by atoms with van der Waals surface area (Å²) in [6, 6.07) is 4.44. The molecule has 1 atom stereocenters. The number of morpholine rings is 1. The van der Waals surface area contributed by atoms with Gasteiger partial charge in [-0.2, -0.15) is 0 Å². The van der Waals surface area contributed by atoms with Gasteiger partial charge in [-0.1, -0.05) is 6.07 Å². The van der Waals surface area contributed by atoms with Crippen LogP contribution in [0.3, 0.4) is 0 Å². The van der Waals surface area contributed by atoms with E-state index in [4.69, 9.17) is 14.2 Å². The van der Waals surface area contributed by atoms with Crippen LogP contribution >= 0.6 is 0 Å². The molecule has 1 spiro atoms. The molecule has 0 radical (unpaired) electrons. The highest BCUT2D eigenvalue weighted by molar-refractivity contribution is 5.97. The van der Waals surface area contributed by atoms with E-state index >= 15 is 0 Å². The lowest BCUT2D eigenvalue weighted by molar-refractivity contribution is -0.0552. The normalized spacial score (nSPS) is 24.7. The topological polar surface area (TPSA) is 48.0 Å². The van der Waals surface area contributed by atoms with Gasteiger partial charge in [0.25, 0.3) is 5.91 Å². The van der Waals surface area contributed by atoms with Crippen molar-refractivity contribution in [1.82, 2.24) is 4.90 Å². The molecule has 2 aliphatic heterocycles. The Hall–Kier alpha value is -1.66. The van der Waals surface area contributed by atoms with Gasteiger partial charge in [-0.05, 0) is 25.5 Å². The standard InChI is InChI=1S/C16H20FNO4/c1-2-22-14-12(4-3-5-13(14)17)15(19)18-7-9-21-11-16(18)6-8-20-10-16/h3-5H,2,6-11H2,1H3. The summed E-state index contributed by atoms with van der Waals surface area (Å²) in [4.78, 5) is 14.7. The molecule has 1 amide bonds. The monoisotopic (exact) mass is 309 g/mol. The van der Waals surface area contributed by atoms with Crippen LogP contribution in [0.5, 0.6) is 5.75 Å². The van der Waals surface area contributed by atoms with Crippen molar-refractivity contribution in [2.45, 2.75) is 18.9 Å². The molecule has 0 aliphatic carbocycles. The van der Waals surface area contributed by atoms with E-state index in [1.54, 1.807) is 17.9 Å². The Morgan fingerprint density at radius 2 is 2.14 bits per heavy atom. The summed E-state index contributed by atoms with van der Waals surface area (Å²) in [5.41, 5.74) is -0.180. The first-order chi connectivity index (χ1) is 10.7. The fourth-order valence-corrected chi connectivity index (χ4v) is 3.09. The van der Waals surface area contributed by atoms with E-state index in [-0.39, 0.29) is 17.2 Å². The van der Waals surface area contributed by atoms with Crippen LogP contribution in [0, 0.1) is 5.82 Å². The lowest BCUT2D eigenvalue weighted by atomic mass is 9.94. The Kier molecular flexibility index (Phi) is 4.31. The minimum absolute atomic E-state index is 0.0237. The summed E-state index contributed by atoms with van der Waals surface area (Å²) in [5, 5.41) is 0. The quantitative estimate of drug-likeness (QED) is 0.855. The van der Waals surface area contributed by atoms with E-state index < -0.39 is 11.4 Å². The van der Waals surface area contributed by atoms with Gasteiger partial charge in [0.1, 0.15) is 0 Å². The Balaban J connectivity index is 1.94. The number of nitrogens with zero attached hydrogens (tertiary/aromatic N) is 1. The number of rotatable bonds is 3. The van der Waals surface area contributed by atoms with Crippen LogP contribution in [0.15, 0.2) is 18.2 Å². The Labute approximate surface area is 128 Å². The molecule has 0 bridgehead atoms. The first-order valence-electron chi connectivity index (χ1n) is 7.57. The maximum Gasteiger partial charge on any atom is 0.258 e. The zero-order chi connectivity index (χ0) is 15.6. The Morgan fingerprint density at radius 1 is 1.36 bits per heavy atom. The van der Waals surface area contributed by atoms with Crippen LogP contribution in [-0.2, 0) is 9.47 Å². The van der Waals surface area contributed by atoms with Crippen molar-refractivity contribution >= 4 is 5.91 Å². The predicted octanol–water partition coefficient (Wildman–Crippen LogP) is 1.86. The number of para-hydroxylation sites is 1. The van der Waals surface area contributed by atoms with Crippen molar-refractivity contribution in [1.29, 1.82) is 0 Å². The molecule has 0 saturated carbocycles. The fraction of sp³-hybridized carbons (Fsp3) is 0.562. The number of hydrogen-bond donors (Lipinski definition) is 0. The smallest absolute Gasteiger partial charge is 0.258 e. The number of carbonyl (C=O) groups excluding carboxylic acids is 1. The van der Waals surface area contributed by atoms with Crippen molar-refractivity contribution in [3.63, 3.8) is 0 Å². The SMILES string of the molecule is CCOc1c(F)cccc1C(=O)N1CCOCC12CCOC2. The molecule has 22 heavy (non-hydrogen) atoms. The van der Waals surface area contributed by atoms with Gasteiger partial charge in [0.15, 0.2) is 11.6 Å². The molecule has 1 aromatic rings. The van der Waals surface area contributed by atoms with E-state index in [0.29, 0.717) is 39.6 Å². The van der Waals surface area contributed by atoms with E-state index in [1.165, 1.54) is 12.1 Å². The molecule has 0 aromatic heterocycles. The molecule has 2 heterocycles. The van der Waals surface area contributed by atoms with Crippen molar-refractivity contribution < 1.29 is 23.4 Å². The van der Waals surface area contributed by atoms with Gasteiger partial charge < -0.3 is 19.1 Å². The van der Waals surface area contributed by atoms with Gasteiger partial charge in [0.05, 0.1) is 37.5 Å². The summed E-state index contributed by atoms with van der Waals surface area (Å²) in [6.07, 6.45) is 0.734. The second-order valence-corrected chi connectivity index (χ2v) is 5.59. The van der Waals surface area contributed by atoms with Gasteiger partial charge >= 0.3 is 0 Å². The lowest BCUT2D eigenvalue weighted by Crippen LogP contribution is -2.59. The third-order valence-corrected chi connectivity index (χ3v) is 4.22. The average Bonchev–Trinajstić information content (AvgIpc) is 2.98. The fourth-order valence-electron chi connectivity index (χ4n) is 3.09. The van der Waals surface area contributed by atoms with E-state index in [1.807, 2.05) is 0 Å². The zero-order valence-electron chi connectivity index (χ0n) is 12.6. The highest BCUT2D eigenvalue weighted by Gasteiger charge is 2.46. The van der Waals surface area contributed by atoms with Gasteiger partial charge in [-0.15, -0.1) is 0 Å². The zero-order valence-corrected chi connectivity index (χ0v) is 12.6. The number of amides is 1. The van der Waals surface area contributed by atoms with Crippen molar-refractivity contribution in [2.24, 2.45) is 0 Å². The van der Waals surface area contributed by atoms with Gasteiger partial charge in [-0.3, -0.25) is 4.79 Å². The summed E-state index contributed by atoms with van der Waals surface area (Å²) in [7, 11) is 0. The van der Waals surface area contributed by atoms with Crippen LogP contribution < -0.4 is 4.74 Å². The van der Waals surface area contributed by atoms with Crippen LogP contribution in [0.4, 0.5) is 4.39 Å². The van der Waals surface area contributed by atoms with Gasteiger partial charge in [0, 0.05) is 13.2 Å². The number of hydrogen-bond acceptors (Lipinski definition) is 4. The van der Waals surface area contributed by atoms with Crippen LogP contribution in [0.1, 0.15) is 23.7 Å². The van der Waals surface area contributed by atoms with E-state index in [9.17, 15) is 9.18 Å². The number of benzene rings is 1. The predicted molar refractivity (Wildman–Crippen MR) is 77.6 cm³/mol. The second-order valence-electron chi connectivity index (χ2n) is 5.59. The van der Waals surface area contributed by atoms with Crippen LogP contribution in [0.25, 0.3) is 0 Å². The molecule has 2 aliphatic rings. The number of carbonyl (C=O) groups is 1. The summed E-state index contributed by atoms with van der Waals surface area (Å²) in [6.45, 7) is 4.54. The molecule has 120 valence electrons. The third kappa shape index (κ3) is 2.57. The Morgan fingerprint density at radius 3 is 2.86 bits per heavy atom. The number of halogens is 1. The molecule has 3 rings (SSSR count). The van der Waals surface area contributed by atoms with Gasteiger partial charge in [-0.25, -0.2) is 4.39 Å². The molecule has 5 nitrogen and oxygen atoms in total. The highest BCUT2D eigenvalue weighted by atomic mass is 19.1. The maximum atomic E-state index is 14.0. The van der Waals surface area contributed by atoms with E-state index in [0.717, 1.165) is 6.42 Å². The second kappa shape index (κ2) is 6.22. The minimum atomic E-state index is -0.516. The maximum absolute atomic E-state index is 14.0. The van der Waals surface area contributed by atoms with Crippen molar-refractivity contribution in [2.75, 3.05) is 39.6 Å². The molecular weight excluding hydrogens is 289 g/mol. The summed E-state index contributed by atoms with van der Waals surface area (Å²) >= 11 is 0. The molecule has 6 heteroatoms. The molecular formula is C16H20FNO4. The lowest BCUT2D eigenvalue weighted by Gasteiger charge is -2.43. The first kappa shape index (κ1) is 15.2. The van der Waals surface area contributed by atoms with Crippen LogP contribution in [-0.4, -0.2) is 55.9 Å². The first-order valence-corrected chi connectivity index (χ1v) is 7.57. The average molecular weight is 309 g/mol. The van der Waals surface area contributed by atoms with Crippen LogP contribution in [0.2, 0.25) is 0 Å². The van der Waals surface area contributed by atoms with Crippen molar-refractivity contribution in [3.05, 3.63) is 29.6 Å². The minimum Gasteiger partial charge on any atom is -0.490 e. The number of ether oxygens (including phenoxy) is 3. The molecule has 1 unspecified atom stereocenters. The molecule has 2 saturated heterocycles. The van der Waals surface area contributed by atoms with E-state index in [2.05, 4.69) is 0 Å².